The van der Waals surface area contributed by atoms with Crippen molar-refractivity contribution in [1.82, 2.24) is 25.2 Å². The first-order chi connectivity index (χ1) is 21.8. The SMILES string of the molecule is C[C@@H](c1ccccc1)N(C(=O)c1ccccc1)C(C)(C)C(=O)N[C@@H](Cc1ccccc1)Cn1cc(COc2ccccc2)nn1. The molecule has 1 heterocycles. The number of rotatable bonds is 13. The Labute approximate surface area is 264 Å². The van der Waals surface area contributed by atoms with E-state index in [2.05, 4.69) is 15.6 Å². The molecular formula is C37H39N5O3. The van der Waals surface area contributed by atoms with Gasteiger partial charge in [-0.3, -0.25) is 14.3 Å². The summed E-state index contributed by atoms with van der Waals surface area (Å²) in [6, 6.07) is 37.7. The third-order valence-corrected chi connectivity index (χ3v) is 7.85. The van der Waals surface area contributed by atoms with E-state index in [9.17, 15) is 9.59 Å². The second-order valence-electron chi connectivity index (χ2n) is 11.6. The van der Waals surface area contributed by atoms with Crippen LogP contribution in [-0.2, 0) is 24.4 Å². The molecule has 8 heteroatoms. The minimum atomic E-state index is -1.20. The maximum atomic E-state index is 14.3. The zero-order valence-electron chi connectivity index (χ0n) is 25.9. The van der Waals surface area contributed by atoms with Gasteiger partial charge >= 0.3 is 0 Å². The zero-order valence-corrected chi connectivity index (χ0v) is 25.9. The van der Waals surface area contributed by atoms with Crippen LogP contribution in [0.15, 0.2) is 128 Å². The predicted octanol–water partition coefficient (Wildman–Crippen LogP) is 6.27. The number of amides is 2. The summed E-state index contributed by atoms with van der Waals surface area (Å²) in [5.41, 5.74) is 2.02. The van der Waals surface area contributed by atoms with Gasteiger partial charge in [0.15, 0.2) is 0 Å². The molecule has 0 spiro atoms. The van der Waals surface area contributed by atoms with Gasteiger partial charge in [0.1, 0.15) is 23.6 Å². The molecule has 2 atom stereocenters. The van der Waals surface area contributed by atoms with E-state index >= 15 is 0 Å². The summed E-state index contributed by atoms with van der Waals surface area (Å²) in [5, 5.41) is 11.9. The minimum absolute atomic E-state index is 0.217. The smallest absolute Gasteiger partial charge is 0.255 e. The van der Waals surface area contributed by atoms with E-state index in [-0.39, 0.29) is 30.5 Å². The molecule has 5 rings (SSSR count). The summed E-state index contributed by atoms with van der Waals surface area (Å²) in [6.45, 7) is 6.23. The van der Waals surface area contributed by atoms with Crippen molar-refractivity contribution in [2.45, 2.75) is 58.0 Å². The quantitative estimate of drug-likeness (QED) is 0.172. The van der Waals surface area contributed by atoms with Crippen LogP contribution in [0.4, 0.5) is 0 Å². The number of hydrogen-bond donors (Lipinski definition) is 1. The fourth-order valence-corrected chi connectivity index (χ4v) is 5.44. The van der Waals surface area contributed by atoms with Gasteiger partial charge in [-0.15, -0.1) is 5.10 Å². The molecule has 5 aromatic rings. The van der Waals surface area contributed by atoms with Crippen LogP contribution in [0.2, 0.25) is 0 Å². The van der Waals surface area contributed by atoms with Gasteiger partial charge in [0.25, 0.3) is 5.91 Å². The van der Waals surface area contributed by atoms with Gasteiger partial charge < -0.3 is 15.0 Å². The van der Waals surface area contributed by atoms with Gasteiger partial charge in [0.05, 0.1) is 24.8 Å². The Morgan fingerprint density at radius 3 is 2.07 bits per heavy atom. The van der Waals surface area contributed by atoms with Crippen molar-refractivity contribution in [3.8, 4) is 5.75 Å². The molecule has 0 aliphatic rings. The molecule has 0 radical (unpaired) electrons. The van der Waals surface area contributed by atoms with Gasteiger partial charge in [0.2, 0.25) is 5.91 Å². The Morgan fingerprint density at radius 1 is 0.844 bits per heavy atom. The molecule has 0 aliphatic carbocycles. The zero-order chi connectivity index (χ0) is 31.6. The van der Waals surface area contributed by atoms with Crippen LogP contribution in [0.1, 0.15) is 54.0 Å². The highest BCUT2D eigenvalue weighted by Gasteiger charge is 2.42. The van der Waals surface area contributed by atoms with Crippen molar-refractivity contribution in [3.63, 3.8) is 0 Å². The van der Waals surface area contributed by atoms with E-state index in [1.807, 2.05) is 122 Å². The highest BCUT2D eigenvalue weighted by atomic mass is 16.5. The Hall–Kier alpha value is -5.24. The van der Waals surface area contributed by atoms with Crippen LogP contribution >= 0.6 is 0 Å². The molecule has 1 aromatic heterocycles. The summed E-state index contributed by atoms with van der Waals surface area (Å²) < 4.78 is 7.56. The standard InChI is InChI=1S/C37H39N5O3/c1-28(30-18-10-5-11-19-30)42(35(43)31-20-12-6-13-21-31)37(2,3)36(44)38-32(24-29-16-8-4-9-17-29)25-41-26-33(39-40-41)27-45-34-22-14-7-15-23-34/h4-23,26,28,32H,24-25,27H2,1-3H3,(H,38,44)/t28-,32-/m0/s1. The molecule has 0 bridgehead atoms. The van der Waals surface area contributed by atoms with Crippen molar-refractivity contribution in [1.29, 1.82) is 0 Å². The van der Waals surface area contributed by atoms with Crippen molar-refractivity contribution < 1.29 is 14.3 Å². The van der Waals surface area contributed by atoms with Crippen molar-refractivity contribution in [3.05, 3.63) is 150 Å². The Kier molecular flexibility index (Phi) is 10.0. The highest BCUT2D eigenvalue weighted by molar-refractivity contribution is 5.99. The van der Waals surface area contributed by atoms with Crippen LogP contribution in [0.25, 0.3) is 0 Å². The van der Waals surface area contributed by atoms with Crippen molar-refractivity contribution in [2.24, 2.45) is 0 Å². The molecule has 0 saturated carbocycles. The number of benzene rings is 4. The number of carbonyl (C=O) groups is 2. The average Bonchev–Trinajstić information content (AvgIpc) is 3.52. The molecule has 1 N–H and O–H groups in total. The van der Waals surface area contributed by atoms with E-state index < -0.39 is 5.54 Å². The molecule has 0 saturated heterocycles. The molecule has 4 aromatic carbocycles. The van der Waals surface area contributed by atoms with Crippen LogP contribution in [0.5, 0.6) is 5.75 Å². The third kappa shape index (κ3) is 8.03. The number of aromatic nitrogens is 3. The van der Waals surface area contributed by atoms with Crippen molar-refractivity contribution in [2.75, 3.05) is 0 Å². The monoisotopic (exact) mass is 601 g/mol. The van der Waals surface area contributed by atoms with E-state index in [4.69, 9.17) is 4.74 Å². The summed E-state index contributed by atoms with van der Waals surface area (Å²) in [7, 11) is 0. The normalized spacial score (nSPS) is 12.6. The molecule has 0 aliphatic heterocycles. The lowest BCUT2D eigenvalue weighted by Crippen LogP contribution is -2.59. The van der Waals surface area contributed by atoms with E-state index in [1.54, 1.807) is 35.6 Å². The third-order valence-electron chi connectivity index (χ3n) is 7.85. The summed E-state index contributed by atoms with van der Waals surface area (Å²) in [4.78, 5) is 30.0. The first-order valence-electron chi connectivity index (χ1n) is 15.2. The van der Waals surface area contributed by atoms with E-state index in [0.717, 1.165) is 16.9 Å². The fraction of sp³-hybridized carbons (Fsp3) is 0.243. The Morgan fingerprint density at radius 2 is 1.42 bits per heavy atom. The summed E-state index contributed by atoms with van der Waals surface area (Å²) in [6.07, 6.45) is 2.40. The fourth-order valence-electron chi connectivity index (χ4n) is 5.44. The second kappa shape index (κ2) is 14.5. The minimum Gasteiger partial charge on any atom is -0.487 e. The Balaban J connectivity index is 1.38. The number of ether oxygens (including phenoxy) is 1. The number of nitrogens with one attached hydrogen (secondary N) is 1. The second-order valence-corrected chi connectivity index (χ2v) is 11.6. The van der Waals surface area contributed by atoms with Gasteiger partial charge in [-0.05, 0) is 62.6 Å². The van der Waals surface area contributed by atoms with Crippen LogP contribution in [0.3, 0.4) is 0 Å². The predicted molar refractivity (Wildman–Crippen MR) is 174 cm³/mol. The van der Waals surface area contributed by atoms with Crippen LogP contribution < -0.4 is 10.1 Å². The lowest BCUT2D eigenvalue weighted by atomic mass is 9.93. The summed E-state index contributed by atoms with van der Waals surface area (Å²) >= 11 is 0. The molecule has 230 valence electrons. The molecule has 2 amide bonds. The van der Waals surface area contributed by atoms with Crippen LogP contribution in [-0.4, -0.2) is 43.3 Å². The maximum Gasteiger partial charge on any atom is 0.255 e. The van der Waals surface area contributed by atoms with Crippen LogP contribution in [0, 0.1) is 0 Å². The number of para-hydroxylation sites is 1. The molecule has 0 fully saturated rings. The lowest BCUT2D eigenvalue weighted by Gasteiger charge is -2.42. The topological polar surface area (TPSA) is 89.4 Å². The molecule has 0 unspecified atom stereocenters. The van der Waals surface area contributed by atoms with Gasteiger partial charge in [-0.25, -0.2) is 0 Å². The lowest BCUT2D eigenvalue weighted by molar-refractivity contribution is -0.132. The number of nitrogens with zero attached hydrogens (tertiary/aromatic N) is 4. The number of carbonyl (C=O) groups excluding carboxylic acids is 2. The van der Waals surface area contributed by atoms with Gasteiger partial charge in [-0.1, -0.05) is 102 Å². The van der Waals surface area contributed by atoms with Gasteiger partial charge in [-0.2, -0.15) is 0 Å². The van der Waals surface area contributed by atoms with Gasteiger partial charge in [0, 0.05) is 5.56 Å². The highest BCUT2D eigenvalue weighted by Crippen LogP contribution is 2.31. The first kappa shape index (κ1) is 31.2. The largest absolute Gasteiger partial charge is 0.487 e. The summed E-state index contributed by atoms with van der Waals surface area (Å²) in [5.74, 6) is 0.275. The first-order valence-corrected chi connectivity index (χ1v) is 15.2. The molecule has 45 heavy (non-hydrogen) atoms. The van der Waals surface area contributed by atoms with E-state index in [1.165, 1.54) is 0 Å². The molecule has 8 nitrogen and oxygen atoms in total. The maximum absolute atomic E-state index is 14.3. The van der Waals surface area contributed by atoms with E-state index in [0.29, 0.717) is 24.2 Å². The Bertz CT molecular complexity index is 1660. The average molecular weight is 602 g/mol. The number of hydrogen-bond acceptors (Lipinski definition) is 5. The molecular weight excluding hydrogens is 562 g/mol. The van der Waals surface area contributed by atoms with Crippen molar-refractivity contribution >= 4 is 11.8 Å².